The Morgan fingerprint density at radius 3 is 2.44 bits per heavy atom. The zero-order chi connectivity index (χ0) is 13.0. The molecule has 0 radical (unpaired) electrons. The third-order valence-corrected chi connectivity index (χ3v) is 4.84. The summed E-state index contributed by atoms with van der Waals surface area (Å²) in [6.07, 6.45) is 6.75. The molecule has 0 aliphatic heterocycles. The summed E-state index contributed by atoms with van der Waals surface area (Å²) in [4.78, 5) is 0. The van der Waals surface area contributed by atoms with Crippen LogP contribution in [0.1, 0.15) is 50.6 Å². The van der Waals surface area contributed by atoms with Gasteiger partial charge in [0.05, 0.1) is 0 Å². The van der Waals surface area contributed by atoms with Crippen LogP contribution in [-0.2, 0) is 0 Å². The van der Waals surface area contributed by atoms with Crippen LogP contribution >= 0.6 is 11.6 Å². The zero-order valence-electron chi connectivity index (χ0n) is 11.5. The van der Waals surface area contributed by atoms with Gasteiger partial charge in [0, 0.05) is 11.1 Å². The molecule has 100 valence electrons. The van der Waals surface area contributed by atoms with Crippen LogP contribution in [0.5, 0.6) is 0 Å². The Morgan fingerprint density at radius 1 is 1.22 bits per heavy atom. The summed E-state index contributed by atoms with van der Waals surface area (Å²) in [7, 11) is 2.06. The summed E-state index contributed by atoms with van der Waals surface area (Å²) in [6.45, 7) is 2.31. The maximum atomic E-state index is 6.33. The Labute approximate surface area is 116 Å². The van der Waals surface area contributed by atoms with Crippen LogP contribution in [-0.4, -0.2) is 7.05 Å². The quantitative estimate of drug-likeness (QED) is 0.823. The van der Waals surface area contributed by atoms with E-state index in [1.54, 1.807) is 0 Å². The lowest BCUT2D eigenvalue weighted by atomic mass is 9.76. The van der Waals surface area contributed by atoms with Crippen molar-refractivity contribution in [3.05, 3.63) is 34.9 Å². The lowest BCUT2D eigenvalue weighted by Gasteiger charge is -2.34. The highest BCUT2D eigenvalue weighted by atomic mass is 35.5. The van der Waals surface area contributed by atoms with Gasteiger partial charge in [-0.3, -0.25) is 0 Å². The van der Waals surface area contributed by atoms with Crippen LogP contribution in [0.4, 0.5) is 0 Å². The van der Waals surface area contributed by atoms with E-state index < -0.39 is 0 Å². The minimum absolute atomic E-state index is 0.413. The molecule has 1 aromatic carbocycles. The molecular weight excluding hydrogens is 242 g/mol. The Balaban J connectivity index is 2.08. The Morgan fingerprint density at radius 2 is 1.89 bits per heavy atom. The molecule has 1 aromatic rings. The monoisotopic (exact) mass is 265 g/mol. The van der Waals surface area contributed by atoms with Crippen molar-refractivity contribution in [2.24, 2.45) is 11.8 Å². The van der Waals surface area contributed by atoms with Crippen LogP contribution < -0.4 is 5.32 Å². The normalized spacial score (nSPS) is 25.9. The highest BCUT2D eigenvalue weighted by Crippen LogP contribution is 2.39. The van der Waals surface area contributed by atoms with Crippen molar-refractivity contribution in [2.45, 2.75) is 45.1 Å². The zero-order valence-corrected chi connectivity index (χ0v) is 12.2. The molecular formula is C16H24ClN. The van der Waals surface area contributed by atoms with E-state index in [0.29, 0.717) is 6.04 Å². The average molecular weight is 266 g/mol. The maximum absolute atomic E-state index is 6.33. The van der Waals surface area contributed by atoms with Crippen LogP contribution in [0.25, 0.3) is 0 Å². The first-order valence-corrected chi connectivity index (χ1v) is 7.55. The van der Waals surface area contributed by atoms with Gasteiger partial charge in [0.25, 0.3) is 0 Å². The first-order chi connectivity index (χ1) is 8.76. The second-order valence-electron chi connectivity index (χ2n) is 5.48. The Bertz CT molecular complexity index is 369. The fraction of sp³-hybridized carbons (Fsp3) is 0.625. The van der Waals surface area contributed by atoms with Gasteiger partial charge in [-0.05, 0) is 43.4 Å². The molecule has 1 aliphatic carbocycles. The molecule has 2 rings (SSSR count). The molecule has 1 atom stereocenters. The lowest BCUT2D eigenvalue weighted by molar-refractivity contribution is 0.224. The average Bonchev–Trinajstić information content (AvgIpc) is 2.42. The molecule has 0 amide bonds. The van der Waals surface area contributed by atoms with E-state index in [4.69, 9.17) is 11.6 Å². The molecule has 1 nitrogen and oxygen atoms in total. The van der Waals surface area contributed by atoms with Crippen molar-refractivity contribution in [3.63, 3.8) is 0 Å². The number of nitrogens with one attached hydrogen (secondary N) is 1. The van der Waals surface area contributed by atoms with Gasteiger partial charge < -0.3 is 5.32 Å². The first-order valence-electron chi connectivity index (χ1n) is 7.18. The number of hydrogen-bond acceptors (Lipinski definition) is 1. The van der Waals surface area contributed by atoms with Gasteiger partial charge in [-0.25, -0.2) is 0 Å². The molecule has 1 aliphatic rings. The molecule has 0 aromatic heterocycles. The summed E-state index contributed by atoms with van der Waals surface area (Å²) >= 11 is 6.33. The van der Waals surface area contributed by atoms with E-state index in [9.17, 15) is 0 Å². The summed E-state index contributed by atoms with van der Waals surface area (Å²) in [5, 5.41) is 4.37. The fourth-order valence-corrected chi connectivity index (χ4v) is 3.56. The standard InChI is InChI=1S/C16H24ClN/c1-3-12-8-10-13(11-9-12)16(18-2)14-6-4-5-7-15(14)17/h4-7,12-13,16,18H,3,8-11H2,1-2H3. The van der Waals surface area contributed by atoms with Crippen LogP contribution in [0.3, 0.4) is 0 Å². The van der Waals surface area contributed by atoms with Crippen LogP contribution in [0.15, 0.2) is 24.3 Å². The van der Waals surface area contributed by atoms with Crippen molar-refractivity contribution in [1.29, 1.82) is 0 Å². The van der Waals surface area contributed by atoms with Crippen molar-refractivity contribution < 1.29 is 0 Å². The second-order valence-corrected chi connectivity index (χ2v) is 5.88. The molecule has 2 heteroatoms. The molecule has 0 spiro atoms. The summed E-state index contributed by atoms with van der Waals surface area (Å²) in [5.41, 5.74) is 1.27. The molecule has 18 heavy (non-hydrogen) atoms. The highest BCUT2D eigenvalue weighted by molar-refractivity contribution is 6.31. The maximum Gasteiger partial charge on any atom is 0.0453 e. The smallest absolute Gasteiger partial charge is 0.0453 e. The number of hydrogen-bond donors (Lipinski definition) is 1. The van der Waals surface area contributed by atoms with Gasteiger partial charge in [0.15, 0.2) is 0 Å². The Kier molecular flexibility index (Phi) is 5.08. The minimum Gasteiger partial charge on any atom is -0.313 e. The van der Waals surface area contributed by atoms with Gasteiger partial charge in [-0.1, -0.05) is 56.0 Å². The number of rotatable bonds is 4. The van der Waals surface area contributed by atoms with Gasteiger partial charge in [0.2, 0.25) is 0 Å². The van der Waals surface area contributed by atoms with Crippen molar-refractivity contribution in [3.8, 4) is 0 Å². The van der Waals surface area contributed by atoms with Crippen LogP contribution in [0, 0.1) is 11.8 Å². The minimum atomic E-state index is 0.413. The first kappa shape index (κ1) is 13.9. The van der Waals surface area contributed by atoms with Gasteiger partial charge >= 0.3 is 0 Å². The Hall–Kier alpha value is -0.530. The molecule has 1 saturated carbocycles. The van der Waals surface area contributed by atoms with E-state index in [1.807, 2.05) is 12.1 Å². The third kappa shape index (κ3) is 3.07. The summed E-state index contributed by atoms with van der Waals surface area (Å²) in [6, 6.07) is 8.67. The van der Waals surface area contributed by atoms with Crippen molar-refractivity contribution in [1.82, 2.24) is 5.32 Å². The van der Waals surface area contributed by atoms with E-state index in [-0.39, 0.29) is 0 Å². The summed E-state index contributed by atoms with van der Waals surface area (Å²) < 4.78 is 0. The SMILES string of the molecule is CCC1CCC(C(NC)c2ccccc2Cl)CC1. The van der Waals surface area contributed by atoms with E-state index >= 15 is 0 Å². The second kappa shape index (κ2) is 6.58. The number of halogens is 1. The predicted molar refractivity (Wildman–Crippen MR) is 79.0 cm³/mol. The molecule has 0 heterocycles. The van der Waals surface area contributed by atoms with Gasteiger partial charge in [-0.15, -0.1) is 0 Å². The fourth-order valence-electron chi connectivity index (χ4n) is 3.30. The molecule has 1 fully saturated rings. The lowest BCUT2D eigenvalue weighted by Crippen LogP contribution is -2.28. The summed E-state index contributed by atoms with van der Waals surface area (Å²) in [5.74, 6) is 1.68. The molecule has 1 unspecified atom stereocenters. The topological polar surface area (TPSA) is 12.0 Å². The molecule has 1 N–H and O–H groups in total. The van der Waals surface area contributed by atoms with E-state index in [0.717, 1.165) is 16.9 Å². The van der Waals surface area contributed by atoms with E-state index in [2.05, 4.69) is 31.4 Å². The van der Waals surface area contributed by atoms with Crippen molar-refractivity contribution >= 4 is 11.6 Å². The van der Waals surface area contributed by atoms with Gasteiger partial charge in [-0.2, -0.15) is 0 Å². The number of benzene rings is 1. The third-order valence-electron chi connectivity index (χ3n) is 4.49. The molecule has 0 saturated heterocycles. The van der Waals surface area contributed by atoms with Gasteiger partial charge in [0.1, 0.15) is 0 Å². The van der Waals surface area contributed by atoms with E-state index in [1.165, 1.54) is 37.7 Å². The highest BCUT2D eigenvalue weighted by Gasteiger charge is 2.27. The molecule has 0 bridgehead atoms. The van der Waals surface area contributed by atoms with Crippen LogP contribution in [0.2, 0.25) is 5.02 Å². The largest absolute Gasteiger partial charge is 0.313 e. The predicted octanol–water partition coefficient (Wildman–Crippen LogP) is 4.82. The van der Waals surface area contributed by atoms with Crippen molar-refractivity contribution in [2.75, 3.05) is 7.05 Å².